The highest BCUT2D eigenvalue weighted by Crippen LogP contribution is 2.13. The van der Waals surface area contributed by atoms with Crippen molar-refractivity contribution in [2.45, 2.75) is 5.16 Å². The molecule has 1 aromatic heterocycles. The summed E-state index contributed by atoms with van der Waals surface area (Å²) in [4.78, 5) is 17.4. The van der Waals surface area contributed by atoms with Gasteiger partial charge in [-0.1, -0.05) is 23.9 Å². The number of anilines is 1. The Morgan fingerprint density at radius 2 is 2.12 bits per heavy atom. The van der Waals surface area contributed by atoms with E-state index >= 15 is 0 Å². The Balaban J connectivity index is 2.46. The first-order valence-corrected chi connectivity index (χ1v) is 5.96. The molecular weight excluding hydrogens is 238 g/mol. The lowest BCUT2D eigenvalue weighted by atomic mass is 10.4. The molecule has 1 aromatic rings. The van der Waals surface area contributed by atoms with Gasteiger partial charge in [0.2, 0.25) is 17.0 Å². The van der Waals surface area contributed by atoms with Gasteiger partial charge in [-0.15, -0.1) is 18.3 Å². The van der Waals surface area contributed by atoms with Crippen LogP contribution < -0.4 is 5.73 Å². The first-order valence-electron chi connectivity index (χ1n) is 4.97. The first-order chi connectivity index (χ1) is 8.17. The molecule has 1 heterocycles. The molecule has 0 saturated carbocycles. The molecule has 3 N–H and O–H groups in total. The fraction of sp³-hybridized carbons (Fsp3) is 0.300. The van der Waals surface area contributed by atoms with E-state index < -0.39 is 0 Å². The third-order valence-electron chi connectivity index (χ3n) is 1.86. The van der Waals surface area contributed by atoms with Crippen LogP contribution in [0.25, 0.3) is 0 Å². The minimum atomic E-state index is -0.0156. The quantitative estimate of drug-likeness (QED) is 0.551. The Hall–Kier alpha value is -1.76. The van der Waals surface area contributed by atoms with Gasteiger partial charge in [-0.25, -0.2) is 5.10 Å². The number of carbonyl (C=O) groups is 1. The normalized spacial score (nSPS) is 9.88. The van der Waals surface area contributed by atoms with Crippen molar-refractivity contribution in [3.05, 3.63) is 25.3 Å². The van der Waals surface area contributed by atoms with Crippen LogP contribution in [-0.4, -0.2) is 44.8 Å². The van der Waals surface area contributed by atoms with Crippen molar-refractivity contribution in [3.8, 4) is 0 Å². The molecule has 1 rings (SSSR count). The van der Waals surface area contributed by atoms with Crippen LogP contribution in [0.4, 0.5) is 5.95 Å². The summed E-state index contributed by atoms with van der Waals surface area (Å²) in [5, 5.41) is 6.81. The summed E-state index contributed by atoms with van der Waals surface area (Å²) in [7, 11) is 0. The zero-order chi connectivity index (χ0) is 12.7. The largest absolute Gasteiger partial charge is 0.368 e. The number of hydrogen-bond acceptors (Lipinski definition) is 5. The lowest BCUT2D eigenvalue weighted by molar-refractivity contribution is -0.127. The van der Waals surface area contributed by atoms with Crippen molar-refractivity contribution < 1.29 is 4.79 Å². The third kappa shape index (κ3) is 4.31. The van der Waals surface area contributed by atoms with Gasteiger partial charge >= 0.3 is 0 Å². The van der Waals surface area contributed by atoms with Gasteiger partial charge in [-0.2, -0.15) is 4.98 Å². The molecule has 0 aliphatic rings. The van der Waals surface area contributed by atoms with E-state index in [2.05, 4.69) is 28.3 Å². The van der Waals surface area contributed by atoms with Gasteiger partial charge in [0.15, 0.2) is 0 Å². The van der Waals surface area contributed by atoms with Crippen LogP contribution in [0.3, 0.4) is 0 Å². The van der Waals surface area contributed by atoms with Crippen molar-refractivity contribution in [1.29, 1.82) is 0 Å². The molecule has 0 fully saturated rings. The summed E-state index contributed by atoms with van der Waals surface area (Å²) in [6, 6.07) is 0. The summed E-state index contributed by atoms with van der Waals surface area (Å²) < 4.78 is 0. The molecule has 0 spiro atoms. The second-order valence-corrected chi connectivity index (χ2v) is 4.11. The molecule has 1 amide bonds. The number of thioether (sulfide) groups is 1. The standard InChI is InChI=1S/C10H15N5OS/c1-3-5-15(6-4-2)8(16)7-17-10-12-9(11)13-14-10/h3-4H,1-2,5-7H2,(H3,11,12,13,14). The van der Waals surface area contributed by atoms with Gasteiger partial charge in [0.05, 0.1) is 5.75 Å². The number of amides is 1. The minimum Gasteiger partial charge on any atom is -0.368 e. The number of aromatic amines is 1. The fourth-order valence-electron chi connectivity index (χ4n) is 1.13. The smallest absolute Gasteiger partial charge is 0.233 e. The molecule has 0 atom stereocenters. The van der Waals surface area contributed by atoms with Gasteiger partial charge in [0.25, 0.3) is 0 Å². The predicted molar refractivity (Wildman–Crippen MR) is 68.5 cm³/mol. The maximum absolute atomic E-state index is 11.8. The van der Waals surface area contributed by atoms with E-state index in [1.165, 1.54) is 11.8 Å². The average molecular weight is 253 g/mol. The molecular formula is C10H15N5OS. The van der Waals surface area contributed by atoms with Gasteiger partial charge < -0.3 is 10.6 Å². The summed E-state index contributed by atoms with van der Waals surface area (Å²) in [6.45, 7) is 8.21. The van der Waals surface area contributed by atoms with E-state index in [0.717, 1.165) is 0 Å². The minimum absolute atomic E-state index is 0.0156. The highest BCUT2D eigenvalue weighted by atomic mass is 32.2. The molecule has 92 valence electrons. The summed E-state index contributed by atoms with van der Waals surface area (Å²) >= 11 is 1.24. The fourth-order valence-corrected chi connectivity index (χ4v) is 1.84. The molecule has 0 aliphatic heterocycles. The highest BCUT2D eigenvalue weighted by molar-refractivity contribution is 7.99. The summed E-state index contributed by atoms with van der Waals surface area (Å²) in [5.74, 6) is 0.492. The molecule has 0 unspecified atom stereocenters. The number of carbonyl (C=O) groups excluding carboxylic acids is 1. The monoisotopic (exact) mass is 253 g/mol. The van der Waals surface area contributed by atoms with Crippen molar-refractivity contribution in [1.82, 2.24) is 20.1 Å². The maximum atomic E-state index is 11.8. The molecule has 0 bridgehead atoms. The van der Waals surface area contributed by atoms with Gasteiger partial charge in [0.1, 0.15) is 0 Å². The van der Waals surface area contributed by atoms with Gasteiger partial charge in [-0.05, 0) is 0 Å². The van der Waals surface area contributed by atoms with E-state index in [1.54, 1.807) is 17.1 Å². The number of aromatic nitrogens is 3. The van der Waals surface area contributed by atoms with Crippen LogP contribution >= 0.6 is 11.8 Å². The average Bonchev–Trinajstić information content (AvgIpc) is 2.72. The molecule has 0 aromatic carbocycles. The van der Waals surface area contributed by atoms with E-state index in [0.29, 0.717) is 18.2 Å². The highest BCUT2D eigenvalue weighted by Gasteiger charge is 2.12. The van der Waals surface area contributed by atoms with Crippen molar-refractivity contribution >= 4 is 23.6 Å². The van der Waals surface area contributed by atoms with Crippen LogP contribution in [0.5, 0.6) is 0 Å². The van der Waals surface area contributed by atoms with Crippen molar-refractivity contribution in [2.75, 3.05) is 24.6 Å². The molecule has 0 aliphatic carbocycles. The Morgan fingerprint density at radius 1 is 1.47 bits per heavy atom. The zero-order valence-electron chi connectivity index (χ0n) is 9.43. The zero-order valence-corrected chi connectivity index (χ0v) is 10.2. The summed E-state index contributed by atoms with van der Waals surface area (Å²) in [5.41, 5.74) is 5.38. The Labute approximate surface area is 104 Å². The van der Waals surface area contributed by atoms with Crippen LogP contribution in [0.15, 0.2) is 30.5 Å². The predicted octanol–water partition coefficient (Wildman–Crippen LogP) is 0.680. The van der Waals surface area contributed by atoms with Crippen molar-refractivity contribution in [3.63, 3.8) is 0 Å². The van der Waals surface area contributed by atoms with Crippen LogP contribution in [0.2, 0.25) is 0 Å². The topological polar surface area (TPSA) is 87.9 Å². The second kappa shape index (κ2) is 6.74. The number of H-pyrrole nitrogens is 1. The first kappa shape index (κ1) is 13.3. The van der Waals surface area contributed by atoms with E-state index in [-0.39, 0.29) is 17.6 Å². The number of rotatable bonds is 7. The number of nitrogens with two attached hydrogens (primary N) is 1. The molecule has 0 saturated heterocycles. The van der Waals surface area contributed by atoms with Crippen molar-refractivity contribution in [2.24, 2.45) is 0 Å². The number of nitrogens with one attached hydrogen (secondary N) is 1. The van der Waals surface area contributed by atoms with E-state index in [4.69, 9.17) is 5.73 Å². The van der Waals surface area contributed by atoms with Gasteiger partial charge in [0, 0.05) is 13.1 Å². The molecule has 7 heteroatoms. The number of nitrogen functional groups attached to an aromatic ring is 1. The van der Waals surface area contributed by atoms with Crippen LogP contribution in [-0.2, 0) is 4.79 Å². The number of nitrogens with zero attached hydrogens (tertiary/aromatic N) is 3. The second-order valence-electron chi connectivity index (χ2n) is 3.17. The van der Waals surface area contributed by atoms with E-state index in [1.807, 2.05) is 0 Å². The third-order valence-corrected chi connectivity index (χ3v) is 2.69. The van der Waals surface area contributed by atoms with Gasteiger partial charge in [-0.3, -0.25) is 4.79 Å². The Bertz CT molecular complexity index is 393. The molecule has 17 heavy (non-hydrogen) atoms. The summed E-state index contributed by atoms with van der Waals surface area (Å²) in [6.07, 6.45) is 3.35. The van der Waals surface area contributed by atoms with Crippen LogP contribution in [0.1, 0.15) is 0 Å². The Morgan fingerprint density at radius 3 is 2.59 bits per heavy atom. The SMILES string of the molecule is C=CCN(CC=C)C(=O)CSc1n[nH]c(N)n1. The molecule has 0 radical (unpaired) electrons. The van der Waals surface area contributed by atoms with Crippen LogP contribution in [0, 0.1) is 0 Å². The Kier molecular flexibility index (Phi) is 5.28. The lowest BCUT2D eigenvalue weighted by Gasteiger charge is -2.18. The number of hydrogen-bond donors (Lipinski definition) is 2. The lowest BCUT2D eigenvalue weighted by Crippen LogP contribution is -2.32. The maximum Gasteiger partial charge on any atom is 0.233 e. The van der Waals surface area contributed by atoms with E-state index in [9.17, 15) is 4.79 Å². The molecule has 6 nitrogen and oxygen atoms in total.